The summed E-state index contributed by atoms with van der Waals surface area (Å²) >= 11 is 0. The van der Waals surface area contributed by atoms with Crippen molar-refractivity contribution >= 4 is 5.97 Å². The van der Waals surface area contributed by atoms with E-state index in [2.05, 4.69) is 0 Å². The second kappa shape index (κ2) is 3.87. The molecule has 1 atom stereocenters. The highest BCUT2D eigenvalue weighted by molar-refractivity contribution is 5.70. The van der Waals surface area contributed by atoms with E-state index in [1.807, 2.05) is 0 Å². The smallest absolute Gasteiger partial charge is 0.311 e. The normalized spacial score (nSPS) is 28.8. The Morgan fingerprint density at radius 2 is 2.50 bits per heavy atom. The fourth-order valence-electron chi connectivity index (χ4n) is 1.26. The lowest BCUT2D eigenvalue weighted by molar-refractivity contribution is -0.189. The van der Waals surface area contributed by atoms with Crippen LogP contribution in [0.4, 0.5) is 0 Å². The van der Waals surface area contributed by atoms with Crippen molar-refractivity contribution in [2.24, 2.45) is 0 Å². The lowest BCUT2D eigenvalue weighted by Crippen LogP contribution is -2.31. The van der Waals surface area contributed by atoms with Crippen molar-refractivity contribution < 1.29 is 19.4 Å². The summed E-state index contributed by atoms with van der Waals surface area (Å²) in [5.41, 5.74) is 0. The number of rotatable bonds is 3. The monoisotopic (exact) mass is 174 g/mol. The zero-order valence-corrected chi connectivity index (χ0v) is 7.21. The molecule has 1 fully saturated rings. The van der Waals surface area contributed by atoms with Gasteiger partial charge in [0.2, 0.25) is 0 Å². The Hall–Kier alpha value is -0.610. The van der Waals surface area contributed by atoms with E-state index in [9.17, 15) is 9.90 Å². The van der Waals surface area contributed by atoms with Crippen molar-refractivity contribution in [3.05, 3.63) is 0 Å². The van der Waals surface area contributed by atoms with E-state index in [0.29, 0.717) is 19.6 Å². The molecule has 1 N–H and O–H groups in total. The zero-order chi connectivity index (χ0) is 9.03. The predicted molar refractivity (Wildman–Crippen MR) is 41.4 cm³/mol. The van der Waals surface area contributed by atoms with Gasteiger partial charge < -0.3 is 14.6 Å². The molecule has 0 bridgehead atoms. The number of carbonyl (C=O) groups is 1. The Morgan fingerprint density at radius 1 is 1.75 bits per heavy atom. The van der Waals surface area contributed by atoms with Gasteiger partial charge in [0.05, 0.1) is 19.6 Å². The summed E-state index contributed by atoms with van der Waals surface area (Å²) in [6.07, 6.45) is 1.27. The summed E-state index contributed by atoms with van der Waals surface area (Å²) in [5, 5.41) is 9.57. The molecule has 0 aromatic rings. The first kappa shape index (κ1) is 9.48. The molecule has 70 valence electrons. The summed E-state index contributed by atoms with van der Waals surface area (Å²) in [7, 11) is 0. The van der Waals surface area contributed by atoms with Crippen LogP contribution < -0.4 is 0 Å². The van der Waals surface area contributed by atoms with E-state index in [1.165, 1.54) is 0 Å². The topological polar surface area (TPSA) is 55.8 Å². The van der Waals surface area contributed by atoms with Crippen LogP contribution in [-0.2, 0) is 14.3 Å². The van der Waals surface area contributed by atoms with Gasteiger partial charge in [-0.15, -0.1) is 0 Å². The second-order valence-corrected chi connectivity index (χ2v) is 2.88. The SMILES string of the molecule is CCOC(=O)CC1(O)CCCO1. The molecule has 1 aliphatic rings. The third kappa shape index (κ3) is 2.46. The molecule has 4 heteroatoms. The van der Waals surface area contributed by atoms with Crippen LogP contribution in [0.25, 0.3) is 0 Å². The molecule has 4 nitrogen and oxygen atoms in total. The third-order valence-electron chi connectivity index (χ3n) is 1.81. The Kier molecular flexibility index (Phi) is 3.05. The first-order chi connectivity index (χ1) is 5.66. The molecule has 0 saturated carbocycles. The van der Waals surface area contributed by atoms with Gasteiger partial charge in [-0.1, -0.05) is 0 Å². The molecule has 1 saturated heterocycles. The molecule has 0 aromatic carbocycles. The van der Waals surface area contributed by atoms with Crippen LogP contribution in [0.15, 0.2) is 0 Å². The Bertz CT molecular complexity index is 160. The van der Waals surface area contributed by atoms with E-state index in [-0.39, 0.29) is 6.42 Å². The number of carbonyl (C=O) groups excluding carboxylic acids is 1. The van der Waals surface area contributed by atoms with Crippen molar-refractivity contribution in [2.75, 3.05) is 13.2 Å². The van der Waals surface area contributed by atoms with Gasteiger partial charge in [-0.3, -0.25) is 4.79 Å². The largest absolute Gasteiger partial charge is 0.466 e. The van der Waals surface area contributed by atoms with Crippen molar-refractivity contribution in [3.63, 3.8) is 0 Å². The van der Waals surface area contributed by atoms with E-state index in [1.54, 1.807) is 6.92 Å². The highest BCUT2D eigenvalue weighted by Crippen LogP contribution is 2.26. The van der Waals surface area contributed by atoms with Gasteiger partial charge in [0, 0.05) is 6.42 Å². The zero-order valence-electron chi connectivity index (χ0n) is 7.21. The summed E-state index contributed by atoms with van der Waals surface area (Å²) in [6, 6.07) is 0. The molecule has 0 aliphatic carbocycles. The molecule has 0 amide bonds. The van der Waals surface area contributed by atoms with Gasteiger partial charge in [-0.2, -0.15) is 0 Å². The first-order valence-electron chi connectivity index (χ1n) is 4.18. The van der Waals surface area contributed by atoms with Crippen molar-refractivity contribution in [2.45, 2.75) is 32.0 Å². The maximum absolute atomic E-state index is 10.9. The lowest BCUT2D eigenvalue weighted by atomic mass is 10.1. The van der Waals surface area contributed by atoms with Gasteiger partial charge in [-0.25, -0.2) is 0 Å². The highest BCUT2D eigenvalue weighted by Gasteiger charge is 2.35. The minimum atomic E-state index is -1.26. The molecule has 12 heavy (non-hydrogen) atoms. The maximum atomic E-state index is 10.9. The summed E-state index contributed by atoms with van der Waals surface area (Å²) in [4.78, 5) is 10.9. The standard InChI is InChI=1S/C8H14O4/c1-2-11-7(9)6-8(10)4-3-5-12-8/h10H,2-6H2,1H3. The van der Waals surface area contributed by atoms with Gasteiger partial charge in [0.1, 0.15) is 0 Å². The van der Waals surface area contributed by atoms with Crippen LogP contribution in [0.3, 0.4) is 0 Å². The number of hydrogen-bond donors (Lipinski definition) is 1. The lowest BCUT2D eigenvalue weighted by Gasteiger charge is -2.19. The van der Waals surface area contributed by atoms with Crippen molar-refractivity contribution in [1.29, 1.82) is 0 Å². The minimum Gasteiger partial charge on any atom is -0.466 e. The number of ether oxygens (including phenoxy) is 2. The Labute approximate surface area is 71.5 Å². The molecule has 1 aliphatic heterocycles. The molecule has 1 unspecified atom stereocenters. The van der Waals surface area contributed by atoms with Gasteiger partial charge >= 0.3 is 5.97 Å². The van der Waals surface area contributed by atoms with Gasteiger partial charge in [0.25, 0.3) is 0 Å². The molecular formula is C8H14O4. The number of aliphatic hydroxyl groups is 1. The van der Waals surface area contributed by atoms with Crippen LogP contribution >= 0.6 is 0 Å². The molecule has 1 rings (SSSR count). The minimum absolute atomic E-state index is 0.0547. The third-order valence-corrected chi connectivity index (χ3v) is 1.81. The van der Waals surface area contributed by atoms with Gasteiger partial charge in [0.15, 0.2) is 5.79 Å². The average Bonchev–Trinajstić information content (AvgIpc) is 2.36. The van der Waals surface area contributed by atoms with Crippen molar-refractivity contribution in [1.82, 2.24) is 0 Å². The quantitative estimate of drug-likeness (QED) is 0.631. The van der Waals surface area contributed by atoms with E-state index < -0.39 is 11.8 Å². The number of esters is 1. The fourth-order valence-corrected chi connectivity index (χ4v) is 1.26. The van der Waals surface area contributed by atoms with Crippen LogP contribution in [0.2, 0.25) is 0 Å². The van der Waals surface area contributed by atoms with E-state index >= 15 is 0 Å². The average molecular weight is 174 g/mol. The fraction of sp³-hybridized carbons (Fsp3) is 0.875. The summed E-state index contributed by atoms with van der Waals surface area (Å²) < 4.78 is 9.70. The highest BCUT2D eigenvalue weighted by atomic mass is 16.6. The Balaban J connectivity index is 2.33. The van der Waals surface area contributed by atoms with Crippen LogP contribution in [0.5, 0.6) is 0 Å². The van der Waals surface area contributed by atoms with Crippen LogP contribution in [0, 0.1) is 0 Å². The van der Waals surface area contributed by atoms with E-state index in [4.69, 9.17) is 9.47 Å². The molecule has 0 spiro atoms. The Morgan fingerprint density at radius 3 is 3.00 bits per heavy atom. The second-order valence-electron chi connectivity index (χ2n) is 2.88. The molecule has 0 aromatic heterocycles. The summed E-state index contributed by atoms with van der Waals surface area (Å²) in [6.45, 7) is 2.60. The van der Waals surface area contributed by atoms with Crippen LogP contribution in [0.1, 0.15) is 26.2 Å². The maximum Gasteiger partial charge on any atom is 0.311 e. The van der Waals surface area contributed by atoms with Gasteiger partial charge in [-0.05, 0) is 13.3 Å². The first-order valence-corrected chi connectivity index (χ1v) is 4.18. The number of hydrogen-bond acceptors (Lipinski definition) is 4. The van der Waals surface area contributed by atoms with Crippen molar-refractivity contribution in [3.8, 4) is 0 Å². The van der Waals surface area contributed by atoms with Crippen LogP contribution in [-0.4, -0.2) is 30.1 Å². The predicted octanol–water partition coefficient (Wildman–Crippen LogP) is 0.439. The molecular weight excluding hydrogens is 160 g/mol. The molecule has 0 radical (unpaired) electrons. The molecule has 1 heterocycles. The summed E-state index contributed by atoms with van der Waals surface area (Å²) in [5.74, 6) is -1.66. The van der Waals surface area contributed by atoms with E-state index in [0.717, 1.165) is 6.42 Å².